The minimum atomic E-state index is -5.24. The Morgan fingerprint density at radius 1 is 1.32 bits per heavy atom. The summed E-state index contributed by atoms with van der Waals surface area (Å²) >= 11 is 0. The normalized spacial score (nSPS) is 20.8. The first kappa shape index (κ1) is 21.5. The summed E-state index contributed by atoms with van der Waals surface area (Å²) in [5, 5.41) is 12.0. The maximum Gasteiger partial charge on any atom is 1.00 e. The summed E-state index contributed by atoms with van der Waals surface area (Å²) < 4.78 is 37.2. The third-order valence-corrected chi connectivity index (χ3v) is 4.29. The van der Waals surface area contributed by atoms with Crippen molar-refractivity contribution >= 4 is 28.1 Å². The quantitative estimate of drug-likeness (QED) is 0.223. The molecule has 1 unspecified atom stereocenters. The third kappa shape index (κ3) is 4.37. The Morgan fingerprint density at radius 3 is 2.36 bits per heavy atom. The van der Waals surface area contributed by atoms with Crippen molar-refractivity contribution in [1.82, 2.24) is 9.62 Å². The average Bonchev–Trinajstić information content (AvgIpc) is 2.55. The topological polar surface area (TPSA) is 153 Å². The molecule has 2 rings (SSSR count). The van der Waals surface area contributed by atoms with Gasteiger partial charge in [0.1, 0.15) is 6.04 Å². The average molecular weight is 380 g/mol. The van der Waals surface area contributed by atoms with Crippen molar-refractivity contribution in [3.63, 3.8) is 0 Å². The minimum absolute atomic E-state index is 0. The van der Waals surface area contributed by atoms with E-state index in [-0.39, 0.29) is 39.4 Å². The first-order valence-corrected chi connectivity index (χ1v) is 7.95. The number of rotatable bonds is 5. The van der Waals surface area contributed by atoms with Crippen LogP contribution in [0.4, 0.5) is 0 Å². The zero-order valence-corrected chi connectivity index (χ0v) is 16.1. The van der Waals surface area contributed by atoms with Gasteiger partial charge in [0.2, 0.25) is 0 Å². The summed E-state index contributed by atoms with van der Waals surface area (Å²) in [5.74, 6) is -3.50. The molecule has 2 N–H and O–H groups in total. The summed E-state index contributed by atoms with van der Waals surface area (Å²) in [4.78, 5) is 35.4. The second-order valence-corrected chi connectivity index (χ2v) is 6.11. The number of methoxy groups -OCH3 is 1. The summed E-state index contributed by atoms with van der Waals surface area (Å²) in [7, 11) is -4.31. The number of esters is 1. The molecule has 1 heterocycles. The molecule has 10 nitrogen and oxygen atoms in total. The zero-order valence-electron chi connectivity index (χ0n) is 13.3. The minimum Gasteiger partial charge on any atom is -0.731 e. The Labute approximate surface area is 165 Å². The van der Waals surface area contributed by atoms with E-state index in [1.54, 1.807) is 18.2 Å². The molecule has 0 radical (unpaired) electrons. The van der Waals surface area contributed by atoms with Crippen LogP contribution in [0.25, 0.3) is 0 Å². The molecule has 1 aliphatic rings. The van der Waals surface area contributed by atoms with E-state index in [0.717, 1.165) is 7.11 Å². The van der Waals surface area contributed by atoms with Crippen LogP contribution in [0.3, 0.4) is 0 Å². The molecular formula is C13H13N2NaO8S. The number of ether oxygens (including phenoxy) is 1. The standard InChI is InChI=1S/C13H14N2O8S.Na/c1-23-13(19)9-8(12(18)15(9)24(20,21)22)14-11(17)10(16)7-5-3-2-4-6-7;/h2-6,8-10,16H,1H3,(H,14,17)(H,20,21,22);/q;+1/p-1/t8-,9-,10?;/m0./s1. The van der Waals surface area contributed by atoms with Gasteiger partial charge in [-0.25, -0.2) is 17.5 Å². The molecule has 1 fully saturated rings. The Bertz CT molecular complexity index is 769. The van der Waals surface area contributed by atoms with E-state index in [4.69, 9.17) is 0 Å². The number of aliphatic hydroxyl groups is 1. The van der Waals surface area contributed by atoms with Crippen LogP contribution in [0.1, 0.15) is 11.7 Å². The summed E-state index contributed by atoms with van der Waals surface area (Å²) in [5.41, 5.74) is 0.227. The van der Waals surface area contributed by atoms with Crippen molar-refractivity contribution in [1.29, 1.82) is 0 Å². The van der Waals surface area contributed by atoms with Gasteiger partial charge in [-0.1, -0.05) is 30.3 Å². The van der Waals surface area contributed by atoms with Gasteiger partial charge in [-0.15, -0.1) is 0 Å². The Balaban J connectivity index is 0.00000312. The van der Waals surface area contributed by atoms with Gasteiger partial charge in [-0.05, 0) is 5.56 Å². The predicted octanol–water partition coefficient (Wildman–Crippen LogP) is -4.95. The van der Waals surface area contributed by atoms with E-state index in [2.05, 4.69) is 4.74 Å². The number of benzene rings is 1. The molecule has 1 aliphatic heterocycles. The van der Waals surface area contributed by atoms with Gasteiger partial charge in [0.15, 0.2) is 22.4 Å². The molecule has 130 valence electrons. The summed E-state index contributed by atoms with van der Waals surface area (Å²) in [6, 6.07) is 4.29. The number of amides is 2. The molecule has 25 heavy (non-hydrogen) atoms. The van der Waals surface area contributed by atoms with Gasteiger partial charge >= 0.3 is 35.5 Å². The second kappa shape index (κ2) is 8.25. The molecule has 0 aromatic heterocycles. The number of aliphatic hydroxyl groups excluding tert-OH is 1. The zero-order chi connectivity index (χ0) is 18.1. The first-order chi connectivity index (χ1) is 11.2. The van der Waals surface area contributed by atoms with Crippen molar-refractivity contribution in [3.05, 3.63) is 35.9 Å². The number of hydrogen-bond donors (Lipinski definition) is 2. The fraction of sp³-hybridized carbons (Fsp3) is 0.308. The molecule has 0 aliphatic carbocycles. The van der Waals surface area contributed by atoms with Crippen molar-refractivity contribution in [3.8, 4) is 0 Å². The van der Waals surface area contributed by atoms with Crippen LogP contribution < -0.4 is 34.9 Å². The largest absolute Gasteiger partial charge is 1.00 e. The van der Waals surface area contributed by atoms with Crippen LogP contribution in [-0.2, 0) is 29.4 Å². The third-order valence-electron chi connectivity index (χ3n) is 3.40. The molecule has 1 aromatic carbocycles. The monoisotopic (exact) mass is 380 g/mol. The fourth-order valence-electron chi connectivity index (χ4n) is 2.22. The first-order valence-electron chi connectivity index (χ1n) is 6.58. The van der Waals surface area contributed by atoms with Gasteiger partial charge in [0.25, 0.3) is 11.8 Å². The van der Waals surface area contributed by atoms with Crippen molar-refractivity contribution in [2.24, 2.45) is 0 Å². The Morgan fingerprint density at radius 2 is 1.88 bits per heavy atom. The number of carbonyl (C=O) groups is 3. The maximum atomic E-state index is 12.0. The molecule has 1 aromatic rings. The number of hydrogen-bond acceptors (Lipinski definition) is 8. The van der Waals surface area contributed by atoms with Crippen LogP contribution in [0.2, 0.25) is 0 Å². The van der Waals surface area contributed by atoms with E-state index in [9.17, 15) is 32.5 Å². The van der Waals surface area contributed by atoms with Crippen LogP contribution in [0.15, 0.2) is 30.3 Å². The van der Waals surface area contributed by atoms with E-state index in [1.807, 2.05) is 5.32 Å². The van der Waals surface area contributed by atoms with Gasteiger partial charge in [0, 0.05) is 0 Å². The van der Waals surface area contributed by atoms with Crippen LogP contribution in [0, 0.1) is 0 Å². The molecule has 3 atom stereocenters. The molecule has 0 spiro atoms. The molecular weight excluding hydrogens is 367 g/mol. The fourth-order valence-corrected chi connectivity index (χ4v) is 3.04. The SMILES string of the molecule is COC(=O)[C@@H]1[C@H](NC(=O)C(O)c2ccccc2)C(=O)N1S(=O)(=O)[O-].[Na+]. The van der Waals surface area contributed by atoms with Crippen LogP contribution >= 0.6 is 0 Å². The smallest absolute Gasteiger partial charge is 0.731 e. The van der Waals surface area contributed by atoms with Gasteiger partial charge < -0.3 is 19.7 Å². The molecule has 0 saturated carbocycles. The van der Waals surface area contributed by atoms with Gasteiger partial charge in [0.05, 0.1) is 7.11 Å². The number of β-lactam (4-membered cyclic amide) rings is 1. The van der Waals surface area contributed by atoms with E-state index >= 15 is 0 Å². The van der Waals surface area contributed by atoms with Crippen molar-refractivity contribution in [2.75, 3.05) is 7.11 Å². The van der Waals surface area contributed by atoms with E-state index < -0.39 is 46.3 Å². The number of carbonyl (C=O) groups excluding carboxylic acids is 3. The second-order valence-electron chi connectivity index (χ2n) is 4.86. The van der Waals surface area contributed by atoms with Crippen LogP contribution in [-0.4, -0.2) is 59.4 Å². The number of nitrogens with one attached hydrogen (secondary N) is 1. The van der Waals surface area contributed by atoms with E-state index in [0.29, 0.717) is 0 Å². The maximum absolute atomic E-state index is 12.0. The molecule has 0 bridgehead atoms. The molecule has 12 heteroatoms. The number of nitrogens with zero attached hydrogens (tertiary/aromatic N) is 1. The van der Waals surface area contributed by atoms with E-state index in [1.165, 1.54) is 12.1 Å². The summed E-state index contributed by atoms with van der Waals surface area (Å²) in [6.07, 6.45) is -1.64. The molecule has 2 amide bonds. The summed E-state index contributed by atoms with van der Waals surface area (Å²) in [6.45, 7) is 0. The predicted molar refractivity (Wildman–Crippen MR) is 75.7 cm³/mol. The Hall–Kier alpha value is -1.50. The Kier molecular flexibility index (Phi) is 7.11. The molecule has 1 saturated heterocycles. The van der Waals surface area contributed by atoms with Gasteiger partial charge in [-0.3, -0.25) is 9.59 Å². The van der Waals surface area contributed by atoms with Gasteiger partial charge in [-0.2, -0.15) is 0 Å². The van der Waals surface area contributed by atoms with Crippen molar-refractivity contribution in [2.45, 2.75) is 18.2 Å². The van der Waals surface area contributed by atoms with Crippen LogP contribution in [0.5, 0.6) is 0 Å². The van der Waals surface area contributed by atoms with Crippen molar-refractivity contribution < 1.29 is 66.8 Å².